The molecule has 0 unspecified atom stereocenters. The summed E-state index contributed by atoms with van der Waals surface area (Å²) in [6.45, 7) is 0.661. The van der Waals surface area contributed by atoms with Crippen molar-refractivity contribution in [1.29, 1.82) is 0 Å². The van der Waals surface area contributed by atoms with Crippen LogP contribution in [-0.2, 0) is 18.2 Å². The van der Waals surface area contributed by atoms with Gasteiger partial charge in [0.1, 0.15) is 5.82 Å². The third kappa shape index (κ3) is 3.25. The first-order valence-corrected chi connectivity index (χ1v) is 6.16. The van der Waals surface area contributed by atoms with E-state index in [1.807, 2.05) is 19.3 Å². The molecule has 0 aliphatic heterocycles. The number of hydrogen-bond acceptors (Lipinski definition) is 6. The molecule has 2 heterocycles. The number of ether oxygens (including phenoxy) is 1. The van der Waals surface area contributed by atoms with E-state index in [9.17, 15) is 4.79 Å². The van der Waals surface area contributed by atoms with Crippen molar-refractivity contribution in [1.82, 2.24) is 14.8 Å². The molecule has 20 heavy (non-hydrogen) atoms. The number of esters is 1. The molecule has 7 nitrogen and oxygen atoms in total. The molecule has 0 saturated heterocycles. The summed E-state index contributed by atoms with van der Waals surface area (Å²) in [4.78, 5) is 15.6. The number of aromatic nitrogens is 3. The minimum atomic E-state index is -0.474. The molecule has 0 fully saturated rings. The maximum Gasteiger partial charge on any atom is 0.340 e. The second-order valence-corrected chi connectivity index (χ2v) is 4.31. The van der Waals surface area contributed by atoms with Crippen molar-refractivity contribution < 1.29 is 9.53 Å². The zero-order valence-electron chi connectivity index (χ0n) is 11.5. The van der Waals surface area contributed by atoms with Gasteiger partial charge in [-0.1, -0.05) is 0 Å². The van der Waals surface area contributed by atoms with Crippen molar-refractivity contribution in [2.45, 2.75) is 6.42 Å². The second kappa shape index (κ2) is 6.05. The number of nitrogens with one attached hydrogen (secondary N) is 1. The zero-order valence-corrected chi connectivity index (χ0v) is 11.5. The molecule has 2 rings (SSSR count). The van der Waals surface area contributed by atoms with Gasteiger partial charge >= 0.3 is 5.97 Å². The summed E-state index contributed by atoms with van der Waals surface area (Å²) >= 11 is 0. The minimum Gasteiger partial charge on any atom is -0.465 e. The van der Waals surface area contributed by atoms with Crippen LogP contribution in [0, 0.1) is 0 Å². The zero-order chi connectivity index (χ0) is 14.5. The summed E-state index contributed by atoms with van der Waals surface area (Å²) in [5, 5.41) is 7.40. The normalized spacial score (nSPS) is 10.3. The summed E-state index contributed by atoms with van der Waals surface area (Å²) in [5.41, 5.74) is 7.28. The van der Waals surface area contributed by atoms with Crippen molar-refractivity contribution in [2.75, 3.05) is 24.7 Å². The largest absolute Gasteiger partial charge is 0.465 e. The van der Waals surface area contributed by atoms with Gasteiger partial charge in [0.25, 0.3) is 0 Å². The van der Waals surface area contributed by atoms with E-state index in [4.69, 9.17) is 5.73 Å². The van der Waals surface area contributed by atoms with Gasteiger partial charge in [0.05, 0.1) is 30.3 Å². The number of hydrogen-bond donors (Lipinski definition) is 2. The number of nitrogen functional groups attached to an aromatic ring is 1. The molecule has 2 aromatic rings. The van der Waals surface area contributed by atoms with Crippen LogP contribution < -0.4 is 11.1 Å². The first-order valence-electron chi connectivity index (χ1n) is 6.16. The maximum absolute atomic E-state index is 11.5. The van der Waals surface area contributed by atoms with Gasteiger partial charge in [-0.05, 0) is 12.1 Å². The Morgan fingerprint density at radius 2 is 2.35 bits per heavy atom. The van der Waals surface area contributed by atoms with Crippen molar-refractivity contribution >= 4 is 17.5 Å². The fourth-order valence-electron chi connectivity index (χ4n) is 1.76. The molecule has 0 radical (unpaired) electrons. The van der Waals surface area contributed by atoms with Gasteiger partial charge in [0.15, 0.2) is 0 Å². The Balaban J connectivity index is 1.97. The SMILES string of the molecule is COC(=O)c1cc(NCCc2ccn(C)n2)ncc1N. The number of anilines is 2. The molecule has 0 saturated carbocycles. The topological polar surface area (TPSA) is 95.1 Å². The summed E-state index contributed by atoms with van der Waals surface area (Å²) in [6, 6.07) is 3.54. The van der Waals surface area contributed by atoms with Gasteiger partial charge in [0.2, 0.25) is 0 Å². The lowest BCUT2D eigenvalue weighted by molar-refractivity contribution is 0.0602. The molecule has 2 aromatic heterocycles. The average molecular weight is 275 g/mol. The first kappa shape index (κ1) is 13.9. The molecule has 106 valence electrons. The molecule has 0 aliphatic carbocycles. The molecule has 7 heteroatoms. The van der Waals surface area contributed by atoms with E-state index in [0.29, 0.717) is 23.6 Å². The van der Waals surface area contributed by atoms with Crippen molar-refractivity contribution in [2.24, 2.45) is 7.05 Å². The second-order valence-electron chi connectivity index (χ2n) is 4.31. The molecule has 0 bridgehead atoms. The van der Waals surface area contributed by atoms with E-state index in [-0.39, 0.29) is 0 Å². The van der Waals surface area contributed by atoms with E-state index < -0.39 is 5.97 Å². The van der Waals surface area contributed by atoms with Gasteiger partial charge in [-0.3, -0.25) is 4.68 Å². The summed E-state index contributed by atoms with van der Waals surface area (Å²) < 4.78 is 6.42. The Hall–Kier alpha value is -2.57. The van der Waals surface area contributed by atoms with Crippen molar-refractivity contribution in [3.8, 4) is 0 Å². The van der Waals surface area contributed by atoms with Gasteiger partial charge < -0.3 is 15.8 Å². The van der Waals surface area contributed by atoms with Gasteiger partial charge in [-0.2, -0.15) is 5.10 Å². The Morgan fingerprint density at radius 3 is 3.00 bits per heavy atom. The number of carbonyl (C=O) groups is 1. The summed E-state index contributed by atoms with van der Waals surface area (Å²) in [7, 11) is 3.19. The van der Waals surface area contributed by atoms with Crippen LogP contribution in [0.1, 0.15) is 16.1 Å². The number of pyridine rings is 1. The van der Waals surface area contributed by atoms with Crippen LogP contribution in [-0.4, -0.2) is 34.4 Å². The number of rotatable bonds is 5. The van der Waals surface area contributed by atoms with Crippen molar-refractivity contribution in [3.63, 3.8) is 0 Å². The first-order chi connectivity index (χ1) is 9.60. The fourth-order valence-corrected chi connectivity index (χ4v) is 1.76. The van der Waals surface area contributed by atoms with Crippen LogP contribution in [0.5, 0.6) is 0 Å². The summed E-state index contributed by atoms with van der Waals surface area (Å²) in [5.74, 6) is 0.105. The molecule has 0 aromatic carbocycles. The summed E-state index contributed by atoms with van der Waals surface area (Å²) in [6.07, 6.45) is 4.10. The molecule has 0 spiro atoms. The lowest BCUT2D eigenvalue weighted by Crippen LogP contribution is -2.10. The highest BCUT2D eigenvalue weighted by Gasteiger charge is 2.11. The number of carbonyl (C=O) groups excluding carboxylic acids is 1. The molecule has 3 N–H and O–H groups in total. The number of aryl methyl sites for hydroxylation is 1. The van der Waals surface area contributed by atoms with Gasteiger partial charge in [-0.15, -0.1) is 0 Å². The highest BCUT2D eigenvalue weighted by atomic mass is 16.5. The van der Waals surface area contributed by atoms with E-state index in [1.165, 1.54) is 13.3 Å². The Kier molecular flexibility index (Phi) is 4.19. The third-order valence-corrected chi connectivity index (χ3v) is 2.80. The third-order valence-electron chi connectivity index (χ3n) is 2.80. The predicted molar refractivity (Wildman–Crippen MR) is 75.4 cm³/mol. The van der Waals surface area contributed by atoms with E-state index in [0.717, 1.165) is 12.1 Å². The molecule has 0 aliphatic rings. The minimum absolute atomic E-state index is 0.298. The standard InChI is InChI=1S/C13H17N5O2/c1-18-6-4-9(17-18)3-5-15-12-7-10(13(19)20-2)11(14)8-16-12/h4,6-8H,3,5,14H2,1-2H3,(H,15,16). The van der Waals surface area contributed by atoms with Crippen LogP contribution in [0.4, 0.5) is 11.5 Å². The molecular formula is C13H17N5O2. The van der Waals surface area contributed by atoms with Crippen LogP contribution in [0.15, 0.2) is 24.5 Å². The van der Waals surface area contributed by atoms with Crippen LogP contribution >= 0.6 is 0 Å². The fraction of sp³-hybridized carbons (Fsp3) is 0.308. The molecule has 0 atom stereocenters. The van der Waals surface area contributed by atoms with Crippen LogP contribution in [0.2, 0.25) is 0 Å². The molecular weight excluding hydrogens is 258 g/mol. The highest BCUT2D eigenvalue weighted by Crippen LogP contribution is 2.15. The smallest absolute Gasteiger partial charge is 0.340 e. The Labute approximate surface area is 116 Å². The molecule has 0 amide bonds. The monoisotopic (exact) mass is 275 g/mol. The number of methoxy groups -OCH3 is 1. The number of nitrogens with zero attached hydrogens (tertiary/aromatic N) is 3. The van der Waals surface area contributed by atoms with Crippen molar-refractivity contribution in [3.05, 3.63) is 35.8 Å². The van der Waals surface area contributed by atoms with Gasteiger partial charge in [-0.25, -0.2) is 9.78 Å². The Morgan fingerprint density at radius 1 is 1.55 bits per heavy atom. The lowest BCUT2D eigenvalue weighted by Gasteiger charge is -2.08. The quantitative estimate of drug-likeness (QED) is 0.785. The average Bonchev–Trinajstić information content (AvgIpc) is 2.85. The number of nitrogens with two attached hydrogens (primary N) is 1. The Bertz CT molecular complexity index is 609. The van der Waals surface area contributed by atoms with E-state index in [1.54, 1.807) is 10.7 Å². The van der Waals surface area contributed by atoms with E-state index >= 15 is 0 Å². The predicted octanol–water partition coefficient (Wildman–Crippen LogP) is 0.838. The van der Waals surface area contributed by atoms with E-state index in [2.05, 4.69) is 20.1 Å². The van der Waals surface area contributed by atoms with Crippen LogP contribution in [0.25, 0.3) is 0 Å². The van der Waals surface area contributed by atoms with Crippen LogP contribution in [0.3, 0.4) is 0 Å². The lowest BCUT2D eigenvalue weighted by atomic mass is 10.2. The maximum atomic E-state index is 11.5. The highest BCUT2D eigenvalue weighted by molar-refractivity contribution is 5.95. The van der Waals surface area contributed by atoms with Gasteiger partial charge in [0, 0.05) is 26.2 Å².